The molecule has 0 atom stereocenters. The van der Waals surface area contributed by atoms with E-state index in [4.69, 9.17) is 5.73 Å². The molecule has 0 saturated heterocycles. The van der Waals surface area contributed by atoms with E-state index in [0.717, 1.165) is 0 Å². The molecule has 2 aromatic rings. The van der Waals surface area contributed by atoms with Crippen molar-refractivity contribution < 1.29 is 12.8 Å². The van der Waals surface area contributed by atoms with Gasteiger partial charge in [-0.25, -0.2) is 12.8 Å². The van der Waals surface area contributed by atoms with Crippen molar-refractivity contribution in [3.63, 3.8) is 0 Å². The first-order chi connectivity index (χ1) is 8.88. The Morgan fingerprint density at radius 1 is 1.16 bits per heavy atom. The Kier molecular flexibility index (Phi) is 3.57. The van der Waals surface area contributed by atoms with Crippen molar-refractivity contribution in [2.75, 3.05) is 5.73 Å². The second-order valence-corrected chi connectivity index (χ2v) is 6.40. The quantitative estimate of drug-likeness (QED) is 0.879. The molecular formula is C14H14FNO2S. The second-order valence-electron chi connectivity index (χ2n) is 4.41. The molecule has 0 heterocycles. The first-order valence-corrected chi connectivity index (χ1v) is 7.37. The van der Waals surface area contributed by atoms with Gasteiger partial charge < -0.3 is 5.73 Å². The number of aryl methyl sites for hydroxylation is 1. The smallest absolute Gasteiger partial charge is 0.182 e. The van der Waals surface area contributed by atoms with E-state index in [1.165, 1.54) is 30.3 Å². The molecule has 3 nitrogen and oxygen atoms in total. The molecule has 0 amide bonds. The molecule has 0 aliphatic carbocycles. The molecule has 5 heteroatoms. The summed E-state index contributed by atoms with van der Waals surface area (Å²) in [4.78, 5) is 0.198. The fraction of sp³-hybridized carbons (Fsp3) is 0.143. The van der Waals surface area contributed by atoms with Crippen LogP contribution in [0.4, 0.5) is 10.1 Å². The summed E-state index contributed by atoms with van der Waals surface area (Å²) in [5, 5.41) is 0. The highest BCUT2D eigenvalue weighted by Crippen LogP contribution is 2.21. The van der Waals surface area contributed by atoms with Gasteiger partial charge in [0.2, 0.25) is 0 Å². The predicted molar refractivity (Wildman–Crippen MR) is 72.9 cm³/mol. The molecule has 0 aliphatic heterocycles. The van der Waals surface area contributed by atoms with Crippen LogP contribution in [-0.2, 0) is 15.6 Å². The third-order valence-electron chi connectivity index (χ3n) is 2.85. The van der Waals surface area contributed by atoms with E-state index in [-0.39, 0.29) is 10.6 Å². The average Bonchev–Trinajstić information content (AvgIpc) is 2.32. The molecule has 0 aliphatic rings. The summed E-state index contributed by atoms with van der Waals surface area (Å²) in [5.41, 5.74) is 7.34. The van der Waals surface area contributed by atoms with Gasteiger partial charge in [-0.1, -0.05) is 12.1 Å². The van der Waals surface area contributed by atoms with Crippen LogP contribution in [0.5, 0.6) is 0 Å². The number of sulfone groups is 1. The number of benzene rings is 2. The Morgan fingerprint density at radius 3 is 2.53 bits per heavy atom. The molecule has 2 N–H and O–H groups in total. The summed E-state index contributed by atoms with van der Waals surface area (Å²) in [7, 11) is -3.49. The topological polar surface area (TPSA) is 60.2 Å². The Labute approximate surface area is 111 Å². The molecule has 0 unspecified atom stereocenters. The van der Waals surface area contributed by atoms with E-state index in [1.807, 2.05) is 0 Å². The summed E-state index contributed by atoms with van der Waals surface area (Å²) in [6.45, 7) is 1.75. The third-order valence-corrected chi connectivity index (χ3v) is 4.53. The largest absolute Gasteiger partial charge is 0.399 e. The molecule has 0 fully saturated rings. The Morgan fingerprint density at radius 2 is 1.89 bits per heavy atom. The van der Waals surface area contributed by atoms with Crippen LogP contribution in [-0.4, -0.2) is 8.42 Å². The zero-order chi connectivity index (χ0) is 14.0. The zero-order valence-electron chi connectivity index (χ0n) is 10.4. The highest BCUT2D eigenvalue weighted by atomic mass is 32.2. The van der Waals surface area contributed by atoms with Gasteiger partial charge in [-0.15, -0.1) is 0 Å². The molecule has 100 valence electrons. The van der Waals surface area contributed by atoms with Crippen LogP contribution >= 0.6 is 0 Å². The number of hydrogen-bond donors (Lipinski definition) is 1. The first kappa shape index (κ1) is 13.5. The summed E-state index contributed by atoms with van der Waals surface area (Å²) >= 11 is 0. The lowest BCUT2D eigenvalue weighted by molar-refractivity contribution is 0.594. The Hall–Kier alpha value is -1.88. The van der Waals surface area contributed by atoms with Gasteiger partial charge >= 0.3 is 0 Å². The monoisotopic (exact) mass is 279 g/mol. The number of nitrogen functional groups attached to an aromatic ring is 1. The number of halogens is 1. The predicted octanol–water partition coefficient (Wildman–Crippen LogP) is 2.69. The maximum Gasteiger partial charge on any atom is 0.182 e. The van der Waals surface area contributed by atoms with Crippen molar-refractivity contribution in [2.45, 2.75) is 17.6 Å². The normalized spacial score (nSPS) is 11.5. The molecule has 0 radical (unpaired) electrons. The molecule has 2 aromatic carbocycles. The fourth-order valence-corrected chi connectivity index (χ4v) is 3.19. The average molecular weight is 279 g/mol. The van der Waals surface area contributed by atoms with E-state index in [9.17, 15) is 12.8 Å². The van der Waals surface area contributed by atoms with Crippen LogP contribution < -0.4 is 5.73 Å². The van der Waals surface area contributed by atoms with Crippen LogP contribution in [0.3, 0.4) is 0 Å². The van der Waals surface area contributed by atoms with Gasteiger partial charge in [0.1, 0.15) is 5.82 Å². The summed E-state index contributed by atoms with van der Waals surface area (Å²) in [5.74, 6) is -0.671. The van der Waals surface area contributed by atoms with Gasteiger partial charge in [0.15, 0.2) is 9.84 Å². The van der Waals surface area contributed by atoms with Gasteiger partial charge in [-0.3, -0.25) is 0 Å². The number of rotatable bonds is 3. The molecular weight excluding hydrogens is 265 g/mol. The van der Waals surface area contributed by atoms with Crippen LogP contribution in [0.2, 0.25) is 0 Å². The van der Waals surface area contributed by atoms with Crippen LogP contribution in [0.1, 0.15) is 11.1 Å². The summed E-state index contributed by atoms with van der Waals surface area (Å²) < 4.78 is 37.5. The van der Waals surface area contributed by atoms with E-state index in [0.29, 0.717) is 16.8 Å². The van der Waals surface area contributed by atoms with Gasteiger partial charge in [-0.05, 0) is 48.4 Å². The minimum atomic E-state index is -3.49. The number of hydrogen-bond acceptors (Lipinski definition) is 3. The van der Waals surface area contributed by atoms with Gasteiger partial charge in [-0.2, -0.15) is 0 Å². The lowest BCUT2D eigenvalue weighted by Gasteiger charge is -2.07. The highest BCUT2D eigenvalue weighted by molar-refractivity contribution is 7.90. The molecule has 2 rings (SSSR count). The van der Waals surface area contributed by atoms with Crippen LogP contribution in [0.25, 0.3) is 0 Å². The minimum absolute atomic E-state index is 0.198. The Balaban J connectivity index is 2.35. The van der Waals surface area contributed by atoms with Crippen molar-refractivity contribution in [1.29, 1.82) is 0 Å². The van der Waals surface area contributed by atoms with Gasteiger partial charge in [0.25, 0.3) is 0 Å². The van der Waals surface area contributed by atoms with Crippen LogP contribution in [0, 0.1) is 12.7 Å². The summed E-state index contributed by atoms with van der Waals surface area (Å²) in [6, 6.07) is 10.2. The molecule has 0 aromatic heterocycles. The zero-order valence-corrected chi connectivity index (χ0v) is 11.2. The maximum absolute atomic E-state index is 13.1. The second kappa shape index (κ2) is 5.01. The number of anilines is 1. The standard InChI is InChI=1S/C14H14FNO2S/c1-10-7-13(5-6-14(10)16)19(17,18)9-11-3-2-4-12(15)8-11/h2-8H,9,16H2,1H3. The van der Waals surface area contributed by atoms with Crippen molar-refractivity contribution in [2.24, 2.45) is 0 Å². The van der Waals surface area contributed by atoms with Gasteiger partial charge in [0, 0.05) is 5.69 Å². The summed E-state index contributed by atoms with van der Waals surface area (Å²) in [6.07, 6.45) is 0. The van der Waals surface area contributed by atoms with E-state index < -0.39 is 15.7 Å². The maximum atomic E-state index is 13.1. The molecule has 0 spiro atoms. The van der Waals surface area contributed by atoms with Gasteiger partial charge in [0.05, 0.1) is 10.6 Å². The van der Waals surface area contributed by atoms with Crippen molar-refractivity contribution in [3.8, 4) is 0 Å². The SMILES string of the molecule is Cc1cc(S(=O)(=O)Cc2cccc(F)c2)ccc1N. The van der Waals surface area contributed by atoms with E-state index >= 15 is 0 Å². The molecule has 0 bridgehead atoms. The minimum Gasteiger partial charge on any atom is -0.399 e. The van der Waals surface area contributed by atoms with Crippen molar-refractivity contribution in [1.82, 2.24) is 0 Å². The lowest BCUT2D eigenvalue weighted by atomic mass is 10.2. The van der Waals surface area contributed by atoms with E-state index in [1.54, 1.807) is 19.1 Å². The molecule has 19 heavy (non-hydrogen) atoms. The Bertz CT molecular complexity index is 711. The van der Waals surface area contributed by atoms with Crippen molar-refractivity contribution >= 4 is 15.5 Å². The molecule has 0 saturated carbocycles. The fourth-order valence-electron chi connectivity index (χ4n) is 1.77. The van der Waals surface area contributed by atoms with E-state index in [2.05, 4.69) is 0 Å². The van der Waals surface area contributed by atoms with Crippen molar-refractivity contribution in [3.05, 3.63) is 59.4 Å². The highest BCUT2D eigenvalue weighted by Gasteiger charge is 2.16. The third kappa shape index (κ3) is 3.12. The number of nitrogens with two attached hydrogens (primary N) is 1. The first-order valence-electron chi connectivity index (χ1n) is 5.72. The van der Waals surface area contributed by atoms with Crippen LogP contribution in [0.15, 0.2) is 47.4 Å². The lowest BCUT2D eigenvalue weighted by Crippen LogP contribution is -2.06.